The zero-order valence-corrected chi connectivity index (χ0v) is 18.7. The number of aromatic nitrogens is 6. The zero-order chi connectivity index (χ0) is 22.0. The number of hydrogen-bond donors (Lipinski definition) is 1. The second-order valence-corrected chi connectivity index (χ2v) is 8.07. The largest absolute Gasteiger partial charge is 0.358 e. The fourth-order valence-electron chi connectivity index (χ4n) is 3.52. The van der Waals surface area contributed by atoms with E-state index in [4.69, 9.17) is 4.98 Å². The number of nitrogens with one attached hydrogen (secondary N) is 1. The van der Waals surface area contributed by atoms with E-state index in [0.29, 0.717) is 17.6 Å². The van der Waals surface area contributed by atoms with E-state index in [1.165, 1.54) is 0 Å². The molecule has 1 N–H and O–H groups in total. The summed E-state index contributed by atoms with van der Waals surface area (Å²) in [6.07, 6.45) is 6.76. The Morgan fingerprint density at radius 3 is 2.71 bits per heavy atom. The Morgan fingerprint density at radius 2 is 1.94 bits per heavy atom. The van der Waals surface area contributed by atoms with Crippen LogP contribution in [0.25, 0.3) is 22.2 Å². The number of pyridine rings is 2. The highest BCUT2D eigenvalue weighted by Crippen LogP contribution is 2.30. The molecule has 8 heteroatoms. The van der Waals surface area contributed by atoms with Crippen molar-refractivity contribution < 1.29 is 0 Å². The van der Waals surface area contributed by atoms with E-state index in [0.717, 1.165) is 46.5 Å². The van der Waals surface area contributed by atoms with Gasteiger partial charge in [-0.3, -0.25) is 9.67 Å². The fraction of sp³-hybridized carbons (Fsp3) is 0.348. The molecule has 31 heavy (non-hydrogen) atoms. The van der Waals surface area contributed by atoms with Crippen molar-refractivity contribution in [2.75, 3.05) is 23.8 Å². The lowest BCUT2D eigenvalue weighted by Crippen LogP contribution is -2.19. The first-order valence-electron chi connectivity index (χ1n) is 10.6. The highest BCUT2D eigenvalue weighted by atomic mass is 15.3. The predicted molar refractivity (Wildman–Crippen MR) is 125 cm³/mol. The Hall–Kier alpha value is -3.55. The molecule has 0 aliphatic heterocycles. The summed E-state index contributed by atoms with van der Waals surface area (Å²) in [6, 6.07) is 7.93. The molecule has 4 aromatic heterocycles. The third kappa shape index (κ3) is 4.47. The van der Waals surface area contributed by atoms with Gasteiger partial charge in [-0.1, -0.05) is 20.8 Å². The smallest absolute Gasteiger partial charge is 0.158 e. The van der Waals surface area contributed by atoms with Gasteiger partial charge in [0.05, 0.1) is 17.2 Å². The lowest BCUT2D eigenvalue weighted by atomic mass is 10.1. The van der Waals surface area contributed by atoms with E-state index < -0.39 is 0 Å². The van der Waals surface area contributed by atoms with Gasteiger partial charge in [-0.2, -0.15) is 10.2 Å². The summed E-state index contributed by atoms with van der Waals surface area (Å²) >= 11 is 0. The van der Waals surface area contributed by atoms with Crippen molar-refractivity contribution in [3.63, 3.8) is 0 Å². The average Bonchev–Trinajstić information content (AvgIpc) is 3.15. The van der Waals surface area contributed by atoms with Gasteiger partial charge in [-0.25, -0.2) is 4.98 Å². The minimum Gasteiger partial charge on any atom is -0.358 e. The molecule has 4 rings (SSSR count). The maximum absolute atomic E-state index is 4.77. The van der Waals surface area contributed by atoms with Crippen LogP contribution in [0.3, 0.4) is 0 Å². The Balaban J connectivity index is 1.68. The summed E-state index contributed by atoms with van der Waals surface area (Å²) < 4.78 is 1.84. The number of anilines is 3. The molecule has 0 unspecified atom stereocenters. The van der Waals surface area contributed by atoms with Gasteiger partial charge >= 0.3 is 0 Å². The molecule has 4 heterocycles. The minimum atomic E-state index is 0.381. The second kappa shape index (κ2) is 8.67. The number of nitrogens with zero attached hydrogens (tertiary/aromatic N) is 7. The van der Waals surface area contributed by atoms with Crippen molar-refractivity contribution in [2.24, 2.45) is 7.05 Å². The molecule has 0 fully saturated rings. The van der Waals surface area contributed by atoms with Crippen LogP contribution in [0, 0.1) is 0 Å². The molecule has 0 saturated heterocycles. The lowest BCUT2D eigenvalue weighted by Gasteiger charge is -2.17. The quantitative estimate of drug-likeness (QED) is 0.474. The van der Waals surface area contributed by atoms with Crippen molar-refractivity contribution in [1.82, 2.24) is 29.9 Å². The third-order valence-corrected chi connectivity index (χ3v) is 5.18. The van der Waals surface area contributed by atoms with Gasteiger partial charge in [0, 0.05) is 44.2 Å². The Kier molecular flexibility index (Phi) is 5.79. The van der Waals surface area contributed by atoms with Gasteiger partial charge in [0.25, 0.3) is 0 Å². The van der Waals surface area contributed by atoms with Crippen molar-refractivity contribution in [2.45, 2.75) is 33.1 Å². The van der Waals surface area contributed by atoms with Crippen LogP contribution in [0.15, 0.2) is 42.9 Å². The SMILES string of the molecule is CCCN(C)c1nn(C)cc1-c1cnc2ccc(Nc3cc(C(C)C)cnn3)nc2c1. The maximum Gasteiger partial charge on any atom is 0.158 e. The first-order valence-corrected chi connectivity index (χ1v) is 10.6. The second-order valence-electron chi connectivity index (χ2n) is 8.07. The Bertz CT molecular complexity index is 1200. The molecule has 0 aliphatic carbocycles. The molecule has 0 radical (unpaired) electrons. The van der Waals surface area contributed by atoms with E-state index in [9.17, 15) is 0 Å². The summed E-state index contributed by atoms with van der Waals surface area (Å²) in [5.41, 5.74) is 4.81. The van der Waals surface area contributed by atoms with Crippen LogP contribution >= 0.6 is 0 Å². The van der Waals surface area contributed by atoms with E-state index in [1.807, 2.05) is 42.3 Å². The standard InChI is InChI=1S/C23H28N8/c1-6-9-30(4)23-18(14-31(5)29-23)17-10-20-19(24-12-17)7-8-21(26-20)27-22-11-16(15(2)3)13-25-28-22/h7-8,10-15H,6,9H2,1-5H3,(H,26,27,28). The van der Waals surface area contributed by atoms with E-state index in [-0.39, 0.29) is 0 Å². The normalized spacial score (nSPS) is 11.3. The van der Waals surface area contributed by atoms with Crippen molar-refractivity contribution in [3.05, 3.63) is 48.4 Å². The molecule has 0 saturated carbocycles. The molecule has 160 valence electrons. The monoisotopic (exact) mass is 416 g/mol. The highest BCUT2D eigenvalue weighted by molar-refractivity contribution is 5.84. The molecule has 0 aromatic carbocycles. The van der Waals surface area contributed by atoms with Crippen LogP contribution in [0.4, 0.5) is 17.5 Å². The fourth-order valence-corrected chi connectivity index (χ4v) is 3.52. The van der Waals surface area contributed by atoms with Crippen LogP contribution in [0.5, 0.6) is 0 Å². The Labute approximate surface area is 182 Å². The highest BCUT2D eigenvalue weighted by Gasteiger charge is 2.15. The lowest BCUT2D eigenvalue weighted by molar-refractivity contribution is 0.747. The summed E-state index contributed by atoms with van der Waals surface area (Å²) in [4.78, 5) is 11.6. The molecule has 0 spiro atoms. The average molecular weight is 417 g/mol. The topological polar surface area (TPSA) is 84.7 Å². The van der Waals surface area contributed by atoms with Crippen LogP contribution in [-0.4, -0.2) is 43.5 Å². The predicted octanol–water partition coefficient (Wildman–Crippen LogP) is 4.53. The molecule has 0 atom stereocenters. The maximum atomic E-state index is 4.77. The third-order valence-electron chi connectivity index (χ3n) is 5.18. The van der Waals surface area contributed by atoms with Crippen LogP contribution < -0.4 is 10.2 Å². The number of aryl methyl sites for hydroxylation is 1. The summed E-state index contributed by atoms with van der Waals surface area (Å²) in [7, 11) is 4.00. The minimum absolute atomic E-state index is 0.381. The van der Waals surface area contributed by atoms with Crippen molar-refractivity contribution in [3.8, 4) is 11.1 Å². The van der Waals surface area contributed by atoms with Crippen LogP contribution in [0.2, 0.25) is 0 Å². The molecular weight excluding hydrogens is 388 g/mol. The van der Waals surface area contributed by atoms with E-state index in [2.05, 4.69) is 64.4 Å². The van der Waals surface area contributed by atoms with Gasteiger partial charge in [-0.15, -0.1) is 5.10 Å². The number of hydrogen-bond acceptors (Lipinski definition) is 7. The van der Waals surface area contributed by atoms with Gasteiger partial charge in [0.1, 0.15) is 5.82 Å². The van der Waals surface area contributed by atoms with E-state index >= 15 is 0 Å². The molecule has 0 aliphatic rings. The molecule has 0 bridgehead atoms. The van der Waals surface area contributed by atoms with Gasteiger partial charge < -0.3 is 10.2 Å². The molecule has 8 nitrogen and oxygen atoms in total. The molecule has 0 amide bonds. The first-order chi connectivity index (χ1) is 14.9. The van der Waals surface area contributed by atoms with Crippen LogP contribution in [-0.2, 0) is 7.05 Å². The first kappa shape index (κ1) is 20.7. The summed E-state index contributed by atoms with van der Waals surface area (Å²) in [6.45, 7) is 7.37. The van der Waals surface area contributed by atoms with E-state index in [1.54, 1.807) is 6.20 Å². The summed E-state index contributed by atoms with van der Waals surface area (Å²) in [5, 5.41) is 16.2. The number of rotatable bonds is 7. The Morgan fingerprint density at radius 1 is 1.10 bits per heavy atom. The van der Waals surface area contributed by atoms with Gasteiger partial charge in [0.2, 0.25) is 0 Å². The number of fused-ring (bicyclic) bond motifs is 1. The van der Waals surface area contributed by atoms with Crippen molar-refractivity contribution in [1.29, 1.82) is 0 Å². The summed E-state index contributed by atoms with van der Waals surface area (Å²) in [5.74, 6) is 2.71. The van der Waals surface area contributed by atoms with Gasteiger partial charge in [0.15, 0.2) is 11.6 Å². The zero-order valence-electron chi connectivity index (χ0n) is 18.7. The van der Waals surface area contributed by atoms with Crippen LogP contribution in [0.1, 0.15) is 38.7 Å². The molecular formula is C23H28N8. The van der Waals surface area contributed by atoms with Crippen molar-refractivity contribution >= 4 is 28.5 Å². The van der Waals surface area contributed by atoms with Gasteiger partial charge in [-0.05, 0) is 42.2 Å². The molecule has 4 aromatic rings.